The van der Waals surface area contributed by atoms with Gasteiger partial charge in [0.15, 0.2) is 0 Å². The average molecular weight is 405 g/mol. The van der Waals surface area contributed by atoms with E-state index in [2.05, 4.69) is 28.2 Å². The van der Waals surface area contributed by atoms with Crippen molar-refractivity contribution in [3.8, 4) is 0 Å². The lowest BCUT2D eigenvalue weighted by Gasteiger charge is -2.33. The van der Waals surface area contributed by atoms with Crippen molar-refractivity contribution in [2.45, 2.75) is 52.2 Å². The number of aryl methyl sites for hydroxylation is 1. The molecule has 4 rings (SSSR count). The molecule has 1 amide bonds. The molecule has 1 saturated heterocycles. The number of fused-ring (bicyclic) bond motifs is 1. The van der Waals surface area contributed by atoms with E-state index in [1.807, 2.05) is 37.3 Å². The van der Waals surface area contributed by atoms with Gasteiger partial charge in [-0.2, -0.15) is 0 Å². The number of piperidine rings is 1. The van der Waals surface area contributed by atoms with Crippen LogP contribution in [0.25, 0.3) is 5.65 Å². The van der Waals surface area contributed by atoms with Crippen LogP contribution in [-0.2, 0) is 13.1 Å². The second kappa shape index (κ2) is 8.79. The summed E-state index contributed by atoms with van der Waals surface area (Å²) in [6.07, 6.45) is 6.79. The first-order valence-corrected chi connectivity index (χ1v) is 10.6. The van der Waals surface area contributed by atoms with Gasteiger partial charge in [-0.05, 0) is 62.1 Å². The molecule has 2 aromatic heterocycles. The van der Waals surface area contributed by atoms with Crippen molar-refractivity contribution in [1.29, 1.82) is 0 Å². The fourth-order valence-corrected chi connectivity index (χ4v) is 4.10. The van der Waals surface area contributed by atoms with Gasteiger partial charge in [-0.15, -0.1) is 0 Å². The van der Waals surface area contributed by atoms with Gasteiger partial charge in [0.05, 0.1) is 0 Å². The Morgan fingerprint density at radius 1 is 1.20 bits per heavy atom. The van der Waals surface area contributed by atoms with Gasteiger partial charge in [-0.3, -0.25) is 18.9 Å². The lowest BCUT2D eigenvalue weighted by Crippen LogP contribution is -2.37. The zero-order valence-corrected chi connectivity index (χ0v) is 17.6. The van der Waals surface area contributed by atoms with Crippen LogP contribution in [-0.4, -0.2) is 32.8 Å². The molecule has 0 saturated carbocycles. The highest BCUT2D eigenvalue weighted by molar-refractivity contribution is 5.93. The monoisotopic (exact) mass is 404 g/mol. The van der Waals surface area contributed by atoms with Crippen LogP contribution in [0.5, 0.6) is 0 Å². The number of carbonyl (C=O) groups excluding carboxylic acids is 1. The van der Waals surface area contributed by atoms with Crippen LogP contribution in [0.2, 0.25) is 0 Å². The van der Waals surface area contributed by atoms with Crippen LogP contribution >= 0.6 is 0 Å². The van der Waals surface area contributed by atoms with Crippen LogP contribution in [0.15, 0.2) is 53.6 Å². The summed E-state index contributed by atoms with van der Waals surface area (Å²) in [6.45, 7) is 6.60. The van der Waals surface area contributed by atoms with Crippen LogP contribution in [0.1, 0.15) is 53.2 Å². The number of amides is 1. The second-order valence-electron chi connectivity index (χ2n) is 8.18. The molecule has 1 aromatic carbocycles. The van der Waals surface area contributed by atoms with E-state index in [4.69, 9.17) is 0 Å². The maximum atomic E-state index is 12.7. The van der Waals surface area contributed by atoms with Crippen LogP contribution in [0.3, 0.4) is 0 Å². The zero-order valence-electron chi connectivity index (χ0n) is 17.6. The summed E-state index contributed by atoms with van der Waals surface area (Å²) < 4.78 is 1.41. The van der Waals surface area contributed by atoms with Gasteiger partial charge in [-0.25, -0.2) is 4.98 Å². The summed E-state index contributed by atoms with van der Waals surface area (Å²) in [5, 5.41) is 2.91. The standard InChI is InChI=1S/C24H28N4O2/c1-17-10-12-28-22(13-17)25-15-21(24(28)30)23(29)26-14-19-8-3-4-9-20(19)16-27-11-6-5-7-18(27)2/h3-4,8-10,12-13,15,18H,5-7,11,14,16H2,1-2H3,(H,26,29)/t18-/m1/s1. The Morgan fingerprint density at radius 2 is 2.00 bits per heavy atom. The van der Waals surface area contributed by atoms with Crippen molar-refractivity contribution in [2.24, 2.45) is 0 Å². The fraction of sp³-hybridized carbons (Fsp3) is 0.375. The Hall–Kier alpha value is -2.99. The molecule has 1 aliphatic heterocycles. The fourth-order valence-electron chi connectivity index (χ4n) is 4.10. The maximum absolute atomic E-state index is 12.7. The number of carbonyl (C=O) groups is 1. The quantitative estimate of drug-likeness (QED) is 0.709. The van der Waals surface area contributed by atoms with Gasteiger partial charge in [0.1, 0.15) is 11.2 Å². The van der Waals surface area contributed by atoms with E-state index in [1.54, 1.807) is 6.20 Å². The number of aromatic nitrogens is 2. The van der Waals surface area contributed by atoms with Gasteiger partial charge >= 0.3 is 0 Å². The molecule has 1 fully saturated rings. The van der Waals surface area contributed by atoms with E-state index in [0.717, 1.165) is 24.2 Å². The molecule has 0 radical (unpaired) electrons. The van der Waals surface area contributed by atoms with Gasteiger partial charge < -0.3 is 5.32 Å². The predicted octanol–water partition coefficient (Wildman–Crippen LogP) is 3.31. The Labute approximate surface area is 176 Å². The van der Waals surface area contributed by atoms with E-state index in [0.29, 0.717) is 18.2 Å². The number of hydrogen-bond acceptors (Lipinski definition) is 4. The molecule has 156 valence electrons. The number of rotatable bonds is 5. The van der Waals surface area contributed by atoms with E-state index >= 15 is 0 Å². The van der Waals surface area contributed by atoms with Crippen LogP contribution in [0, 0.1) is 6.92 Å². The van der Waals surface area contributed by atoms with Gasteiger partial charge in [0.2, 0.25) is 0 Å². The van der Waals surface area contributed by atoms with E-state index in [-0.39, 0.29) is 11.1 Å². The highest BCUT2D eigenvalue weighted by atomic mass is 16.2. The summed E-state index contributed by atoms with van der Waals surface area (Å²) in [5.74, 6) is -0.399. The van der Waals surface area contributed by atoms with E-state index in [1.165, 1.54) is 35.4 Å². The Morgan fingerprint density at radius 3 is 2.80 bits per heavy atom. The van der Waals surface area contributed by atoms with Gasteiger partial charge in [0, 0.05) is 31.5 Å². The number of hydrogen-bond donors (Lipinski definition) is 1. The van der Waals surface area contributed by atoms with Crippen molar-refractivity contribution in [2.75, 3.05) is 6.54 Å². The van der Waals surface area contributed by atoms with Crippen LogP contribution < -0.4 is 10.9 Å². The topological polar surface area (TPSA) is 66.7 Å². The Balaban J connectivity index is 1.49. The maximum Gasteiger partial charge on any atom is 0.270 e. The van der Waals surface area contributed by atoms with Crippen molar-refractivity contribution in [3.05, 3.63) is 81.4 Å². The highest BCUT2D eigenvalue weighted by Gasteiger charge is 2.19. The molecule has 0 aliphatic carbocycles. The molecule has 6 heteroatoms. The Bertz CT molecular complexity index is 1120. The molecule has 3 heterocycles. The molecule has 1 atom stereocenters. The molecule has 6 nitrogen and oxygen atoms in total. The van der Waals surface area contributed by atoms with Crippen molar-refractivity contribution in [1.82, 2.24) is 19.6 Å². The summed E-state index contributed by atoms with van der Waals surface area (Å²) in [7, 11) is 0. The summed E-state index contributed by atoms with van der Waals surface area (Å²) in [5.41, 5.74) is 3.55. The molecule has 0 unspecified atom stereocenters. The molecule has 3 aromatic rings. The van der Waals surface area contributed by atoms with Crippen molar-refractivity contribution < 1.29 is 4.79 Å². The minimum absolute atomic E-state index is 0.0542. The largest absolute Gasteiger partial charge is 0.348 e. The van der Waals surface area contributed by atoms with Gasteiger partial charge in [0.25, 0.3) is 11.5 Å². The molecule has 1 aliphatic rings. The molecule has 0 spiro atoms. The van der Waals surface area contributed by atoms with E-state index < -0.39 is 5.91 Å². The minimum atomic E-state index is -0.399. The molecular weight excluding hydrogens is 376 g/mol. The predicted molar refractivity (Wildman–Crippen MR) is 118 cm³/mol. The number of nitrogens with one attached hydrogen (secondary N) is 1. The first-order valence-electron chi connectivity index (χ1n) is 10.6. The SMILES string of the molecule is Cc1ccn2c(=O)c(C(=O)NCc3ccccc3CN3CCCC[C@H]3C)cnc2c1. The lowest BCUT2D eigenvalue weighted by molar-refractivity contribution is 0.0948. The molecular formula is C24H28N4O2. The van der Waals surface area contributed by atoms with Crippen molar-refractivity contribution >= 4 is 11.6 Å². The Kier molecular flexibility index (Phi) is 5.95. The number of likely N-dealkylation sites (tertiary alicyclic amines) is 1. The second-order valence-corrected chi connectivity index (χ2v) is 8.18. The number of nitrogens with zero attached hydrogens (tertiary/aromatic N) is 3. The average Bonchev–Trinajstić information content (AvgIpc) is 2.74. The first kappa shape index (κ1) is 20.3. The number of benzene rings is 1. The molecule has 1 N–H and O–H groups in total. The molecule has 0 bridgehead atoms. The minimum Gasteiger partial charge on any atom is -0.348 e. The third kappa shape index (κ3) is 4.28. The van der Waals surface area contributed by atoms with Gasteiger partial charge in [-0.1, -0.05) is 30.7 Å². The number of pyridine rings is 1. The molecule has 30 heavy (non-hydrogen) atoms. The highest BCUT2D eigenvalue weighted by Crippen LogP contribution is 2.20. The normalized spacial score (nSPS) is 17.2. The zero-order chi connectivity index (χ0) is 21.1. The van der Waals surface area contributed by atoms with Crippen molar-refractivity contribution in [3.63, 3.8) is 0 Å². The summed E-state index contributed by atoms with van der Waals surface area (Å²) >= 11 is 0. The summed E-state index contributed by atoms with van der Waals surface area (Å²) in [4.78, 5) is 32.2. The smallest absolute Gasteiger partial charge is 0.270 e. The third-order valence-electron chi connectivity index (χ3n) is 5.98. The first-order chi connectivity index (χ1) is 14.5. The van der Waals surface area contributed by atoms with E-state index in [9.17, 15) is 9.59 Å². The summed E-state index contributed by atoms with van der Waals surface area (Å²) in [6, 6.07) is 12.4. The van der Waals surface area contributed by atoms with Crippen LogP contribution in [0.4, 0.5) is 0 Å². The lowest BCUT2D eigenvalue weighted by atomic mass is 10.0. The third-order valence-corrected chi connectivity index (χ3v) is 5.98.